The fourth-order valence-electron chi connectivity index (χ4n) is 2.42. The van der Waals surface area contributed by atoms with Gasteiger partial charge in [-0.25, -0.2) is 4.39 Å². The molecule has 1 aliphatic rings. The zero-order valence-electron chi connectivity index (χ0n) is 11.8. The van der Waals surface area contributed by atoms with E-state index in [-0.39, 0.29) is 10.8 Å². The first kappa shape index (κ1) is 15.3. The summed E-state index contributed by atoms with van der Waals surface area (Å²) >= 11 is 4.90. The number of hydrogen-bond acceptors (Lipinski definition) is 4. The van der Waals surface area contributed by atoms with Gasteiger partial charge in [0.1, 0.15) is 22.4 Å². The summed E-state index contributed by atoms with van der Waals surface area (Å²) in [6, 6.07) is 8.56. The van der Waals surface area contributed by atoms with E-state index in [1.165, 1.54) is 12.1 Å². The molecule has 110 valence electrons. The first-order chi connectivity index (χ1) is 10.0. The van der Waals surface area contributed by atoms with E-state index in [0.29, 0.717) is 5.57 Å². The maximum atomic E-state index is 12.9. The topological polar surface area (TPSA) is 56.3 Å². The van der Waals surface area contributed by atoms with Crippen LogP contribution in [0, 0.1) is 17.1 Å². The second-order valence-corrected chi connectivity index (χ2v) is 5.33. The van der Waals surface area contributed by atoms with Crippen LogP contribution >= 0.6 is 12.2 Å². The van der Waals surface area contributed by atoms with Crippen LogP contribution in [0.3, 0.4) is 0 Å². The zero-order valence-corrected chi connectivity index (χ0v) is 12.7. The third kappa shape index (κ3) is 3.50. The summed E-state index contributed by atoms with van der Waals surface area (Å²) in [4.78, 5) is 4.43. The number of thiocarbonyl (C=S) groups is 1. The molecule has 0 amide bonds. The highest BCUT2D eigenvalue weighted by Gasteiger charge is 2.20. The first-order valence-electron chi connectivity index (χ1n) is 6.69. The van der Waals surface area contributed by atoms with Crippen molar-refractivity contribution in [1.29, 1.82) is 5.26 Å². The number of allylic oxidation sites excluding steroid dienone is 1. The molecule has 1 aliphatic heterocycles. The molecule has 0 aliphatic carbocycles. The van der Waals surface area contributed by atoms with Gasteiger partial charge in [0.15, 0.2) is 0 Å². The van der Waals surface area contributed by atoms with Crippen molar-refractivity contribution in [2.45, 2.75) is 6.92 Å². The lowest BCUT2D eigenvalue weighted by atomic mass is 10.2. The molecule has 2 rings (SSSR count). The third-order valence-electron chi connectivity index (χ3n) is 3.67. The highest BCUT2D eigenvalue weighted by molar-refractivity contribution is 7.80. The van der Waals surface area contributed by atoms with Crippen LogP contribution < -0.4 is 10.6 Å². The predicted molar refractivity (Wildman–Crippen MR) is 85.3 cm³/mol. The molecule has 0 atom stereocenters. The van der Waals surface area contributed by atoms with Crippen molar-refractivity contribution in [1.82, 2.24) is 4.90 Å². The second kappa shape index (κ2) is 6.55. The van der Waals surface area contributed by atoms with Gasteiger partial charge in [-0.15, -0.1) is 0 Å². The summed E-state index contributed by atoms with van der Waals surface area (Å²) in [6.45, 7) is 5.03. The fraction of sp³-hybridized carbons (Fsp3) is 0.333. The minimum absolute atomic E-state index is 0.135. The molecule has 2 N–H and O–H groups in total. The number of anilines is 1. The van der Waals surface area contributed by atoms with Gasteiger partial charge in [-0.2, -0.15) is 5.26 Å². The number of nitriles is 1. The number of nitrogens with two attached hydrogens (primary N) is 1. The molecule has 0 radical (unpaired) electrons. The van der Waals surface area contributed by atoms with Crippen LogP contribution in [-0.2, 0) is 0 Å². The molecule has 0 unspecified atom stereocenters. The van der Waals surface area contributed by atoms with Gasteiger partial charge in [0.05, 0.1) is 0 Å². The highest BCUT2D eigenvalue weighted by Crippen LogP contribution is 2.19. The van der Waals surface area contributed by atoms with Crippen LogP contribution in [0.15, 0.2) is 35.5 Å². The minimum atomic E-state index is -0.230. The van der Waals surface area contributed by atoms with Gasteiger partial charge in [-0.05, 0) is 31.2 Å². The normalized spacial score (nSPS) is 16.2. The van der Waals surface area contributed by atoms with E-state index < -0.39 is 0 Å². The van der Waals surface area contributed by atoms with Crippen LogP contribution in [0.25, 0.3) is 0 Å². The Morgan fingerprint density at radius 3 is 2.29 bits per heavy atom. The van der Waals surface area contributed by atoms with Crippen LogP contribution in [0.4, 0.5) is 10.1 Å². The molecule has 1 fully saturated rings. The number of rotatable bonds is 3. The van der Waals surface area contributed by atoms with Gasteiger partial charge in [0.2, 0.25) is 0 Å². The van der Waals surface area contributed by atoms with Gasteiger partial charge in [-0.1, -0.05) is 12.2 Å². The Balaban J connectivity index is 2.05. The molecular formula is C15H17FN4S. The molecule has 1 aromatic rings. The van der Waals surface area contributed by atoms with Crippen LogP contribution in [0.1, 0.15) is 6.92 Å². The van der Waals surface area contributed by atoms with Crippen molar-refractivity contribution in [3.63, 3.8) is 0 Å². The summed E-state index contributed by atoms with van der Waals surface area (Å²) in [7, 11) is 0. The average Bonchev–Trinajstić information content (AvgIpc) is 2.48. The van der Waals surface area contributed by atoms with E-state index in [1.54, 1.807) is 12.1 Å². The Labute approximate surface area is 129 Å². The van der Waals surface area contributed by atoms with E-state index in [2.05, 4.69) is 15.9 Å². The predicted octanol–water partition coefficient (Wildman–Crippen LogP) is 2.03. The molecule has 0 spiro atoms. The molecule has 1 saturated heterocycles. The van der Waals surface area contributed by atoms with Crippen molar-refractivity contribution in [2.24, 2.45) is 5.73 Å². The molecule has 0 saturated carbocycles. The number of hydrogen-bond donors (Lipinski definition) is 1. The maximum Gasteiger partial charge on any atom is 0.123 e. The van der Waals surface area contributed by atoms with E-state index in [4.69, 9.17) is 23.2 Å². The third-order valence-corrected chi connectivity index (χ3v) is 3.87. The van der Waals surface area contributed by atoms with Gasteiger partial charge in [0.25, 0.3) is 0 Å². The number of nitrogens with zero attached hydrogens (tertiary/aromatic N) is 3. The molecule has 6 heteroatoms. The quantitative estimate of drug-likeness (QED) is 0.526. The molecule has 4 nitrogen and oxygen atoms in total. The first-order valence-corrected chi connectivity index (χ1v) is 7.10. The molecule has 1 aromatic carbocycles. The van der Waals surface area contributed by atoms with Gasteiger partial charge >= 0.3 is 0 Å². The van der Waals surface area contributed by atoms with E-state index >= 15 is 0 Å². The van der Waals surface area contributed by atoms with Crippen molar-refractivity contribution in [3.05, 3.63) is 41.4 Å². The lowest BCUT2D eigenvalue weighted by Gasteiger charge is -2.38. The number of piperazine rings is 1. The molecular weight excluding hydrogens is 287 g/mol. The Kier molecular flexibility index (Phi) is 4.76. The maximum absolute atomic E-state index is 12.9. The van der Waals surface area contributed by atoms with Crippen molar-refractivity contribution in [3.8, 4) is 6.07 Å². The Bertz CT molecular complexity index is 595. The van der Waals surface area contributed by atoms with E-state index in [1.807, 2.05) is 6.92 Å². The summed E-state index contributed by atoms with van der Waals surface area (Å²) in [5, 5.41) is 9.11. The zero-order chi connectivity index (χ0) is 15.4. The minimum Gasteiger partial charge on any atom is -0.389 e. The van der Waals surface area contributed by atoms with Gasteiger partial charge in [-0.3, -0.25) is 0 Å². The standard InChI is InChI=1S/C15H17FN4S/c1-11(14(10-17)15(18)21)19-6-8-20(9-7-19)13-4-2-12(16)3-5-13/h2-5H,6-9H2,1H3,(H2,18,21). The molecule has 1 heterocycles. The monoisotopic (exact) mass is 304 g/mol. The largest absolute Gasteiger partial charge is 0.389 e. The Hall–Kier alpha value is -2.13. The molecule has 21 heavy (non-hydrogen) atoms. The summed E-state index contributed by atoms with van der Waals surface area (Å²) < 4.78 is 12.9. The number of benzene rings is 1. The average molecular weight is 304 g/mol. The molecule has 0 aromatic heterocycles. The van der Waals surface area contributed by atoms with Gasteiger partial charge < -0.3 is 15.5 Å². The Morgan fingerprint density at radius 2 is 1.81 bits per heavy atom. The molecule has 0 bridgehead atoms. The van der Waals surface area contributed by atoms with Crippen LogP contribution in [-0.4, -0.2) is 36.1 Å². The summed E-state index contributed by atoms with van der Waals surface area (Å²) in [6.07, 6.45) is 0. The number of halogens is 1. The van der Waals surface area contributed by atoms with Crippen molar-refractivity contribution in [2.75, 3.05) is 31.1 Å². The summed E-state index contributed by atoms with van der Waals surface area (Å²) in [5.41, 5.74) is 7.77. The van der Waals surface area contributed by atoms with Gasteiger partial charge in [0, 0.05) is 37.6 Å². The lowest BCUT2D eigenvalue weighted by molar-refractivity contribution is 0.321. The van der Waals surface area contributed by atoms with E-state index in [0.717, 1.165) is 37.6 Å². The van der Waals surface area contributed by atoms with Crippen molar-refractivity contribution >= 4 is 22.9 Å². The fourth-order valence-corrected chi connectivity index (χ4v) is 2.62. The smallest absolute Gasteiger partial charge is 0.123 e. The van der Waals surface area contributed by atoms with Crippen molar-refractivity contribution < 1.29 is 4.39 Å². The SMILES string of the molecule is CC(=C(C#N)C(N)=S)N1CCN(c2ccc(F)cc2)CC1. The van der Waals surface area contributed by atoms with Crippen LogP contribution in [0.5, 0.6) is 0 Å². The summed E-state index contributed by atoms with van der Waals surface area (Å²) in [5.74, 6) is -0.230. The Morgan fingerprint density at radius 1 is 1.24 bits per heavy atom. The second-order valence-electron chi connectivity index (χ2n) is 4.89. The van der Waals surface area contributed by atoms with Crippen LogP contribution in [0.2, 0.25) is 0 Å². The van der Waals surface area contributed by atoms with E-state index in [9.17, 15) is 4.39 Å². The lowest BCUT2D eigenvalue weighted by Crippen LogP contribution is -2.46. The highest BCUT2D eigenvalue weighted by atomic mass is 32.1.